The van der Waals surface area contributed by atoms with Gasteiger partial charge in [0.2, 0.25) is 11.8 Å². The molecular weight excluding hydrogens is 342 g/mol. The lowest BCUT2D eigenvalue weighted by molar-refractivity contribution is -0.119. The summed E-state index contributed by atoms with van der Waals surface area (Å²) in [5.74, 6) is 0.357. The number of nitrogens with zero attached hydrogens (tertiary/aromatic N) is 1. The lowest BCUT2D eigenvalue weighted by Gasteiger charge is -2.20. The highest BCUT2D eigenvalue weighted by Gasteiger charge is 2.14. The molecule has 0 unspecified atom stereocenters. The van der Waals surface area contributed by atoms with Gasteiger partial charge in [-0.2, -0.15) is 0 Å². The summed E-state index contributed by atoms with van der Waals surface area (Å²) >= 11 is 0. The number of anilines is 2. The molecule has 0 aliphatic carbocycles. The Labute approximate surface area is 160 Å². The quantitative estimate of drug-likeness (QED) is 0.750. The van der Waals surface area contributed by atoms with Crippen molar-refractivity contribution in [3.8, 4) is 5.75 Å². The van der Waals surface area contributed by atoms with Crippen LogP contribution in [0, 0.1) is 13.8 Å². The summed E-state index contributed by atoms with van der Waals surface area (Å²) < 4.78 is 5.15. The molecule has 6 nitrogen and oxygen atoms in total. The number of hydrogen-bond acceptors (Lipinski definition) is 4. The first kappa shape index (κ1) is 20.5. The maximum absolute atomic E-state index is 12.3. The Morgan fingerprint density at radius 1 is 1.00 bits per heavy atom. The Hall–Kier alpha value is -2.86. The zero-order chi connectivity index (χ0) is 19.8. The second kappa shape index (κ2) is 9.73. The lowest BCUT2D eigenvalue weighted by atomic mass is 10.1. The number of likely N-dealkylation sites (N-methyl/N-ethyl adjacent to an activating group) is 1. The van der Waals surface area contributed by atoms with E-state index >= 15 is 0 Å². The van der Waals surface area contributed by atoms with Crippen molar-refractivity contribution < 1.29 is 14.3 Å². The molecule has 2 amide bonds. The molecule has 0 radical (unpaired) electrons. The fraction of sp³-hybridized carbons (Fsp3) is 0.333. The van der Waals surface area contributed by atoms with E-state index in [1.54, 1.807) is 24.1 Å². The first-order chi connectivity index (χ1) is 12.9. The second-order valence-corrected chi connectivity index (χ2v) is 6.45. The van der Waals surface area contributed by atoms with Crippen molar-refractivity contribution in [2.75, 3.05) is 37.4 Å². The fourth-order valence-corrected chi connectivity index (χ4v) is 2.73. The summed E-state index contributed by atoms with van der Waals surface area (Å²) in [7, 11) is 1.58. The van der Waals surface area contributed by atoms with Gasteiger partial charge in [0.05, 0.1) is 20.2 Å². The van der Waals surface area contributed by atoms with Gasteiger partial charge >= 0.3 is 0 Å². The third-order valence-electron chi connectivity index (χ3n) is 4.19. The summed E-state index contributed by atoms with van der Waals surface area (Å²) in [4.78, 5) is 26.4. The van der Waals surface area contributed by atoms with Crippen molar-refractivity contribution in [1.29, 1.82) is 0 Å². The molecule has 0 saturated carbocycles. The monoisotopic (exact) mass is 369 g/mol. The van der Waals surface area contributed by atoms with E-state index < -0.39 is 0 Å². The molecule has 0 atom stereocenters. The number of methoxy groups -OCH3 is 1. The number of carbonyl (C=O) groups is 2. The van der Waals surface area contributed by atoms with Gasteiger partial charge in [-0.25, -0.2) is 0 Å². The minimum Gasteiger partial charge on any atom is -0.497 e. The fourth-order valence-electron chi connectivity index (χ4n) is 2.73. The average Bonchev–Trinajstić information content (AvgIpc) is 2.63. The first-order valence-corrected chi connectivity index (χ1v) is 8.94. The highest BCUT2D eigenvalue weighted by atomic mass is 16.5. The second-order valence-electron chi connectivity index (χ2n) is 6.45. The van der Waals surface area contributed by atoms with E-state index in [9.17, 15) is 9.59 Å². The maximum atomic E-state index is 12.3. The molecule has 0 aromatic heterocycles. The molecule has 27 heavy (non-hydrogen) atoms. The molecular formula is C21H27N3O3. The largest absolute Gasteiger partial charge is 0.497 e. The number of hydrogen-bond donors (Lipinski definition) is 2. The SMILES string of the molecule is CCN(CC(=O)Nc1cccc(OC)c1)CC(=O)Nc1ccc(C)cc1C. The van der Waals surface area contributed by atoms with Crippen LogP contribution in [-0.2, 0) is 9.59 Å². The molecule has 6 heteroatoms. The van der Waals surface area contributed by atoms with Crippen molar-refractivity contribution in [2.24, 2.45) is 0 Å². The summed E-state index contributed by atoms with van der Waals surface area (Å²) in [6, 6.07) is 13.0. The molecule has 2 rings (SSSR count). The highest BCUT2D eigenvalue weighted by Crippen LogP contribution is 2.17. The smallest absolute Gasteiger partial charge is 0.238 e. The van der Waals surface area contributed by atoms with Crippen LogP contribution < -0.4 is 15.4 Å². The van der Waals surface area contributed by atoms with E-state index in [0.29, 0.717) is 18.0 Å². The molecule has 0 aliphatic heterocycles. The number of carbonyl (C=O) groups excluding carboxylic acids is 2. The minimum absolute atomic E-state index is 0.133. The Morgan fingerprint density at radius 2 is 1.70 bits per heavy atom. The van der Waals surface area contributed by atoms with Gasteiger partial charge in [-0.15, -0.1) is 0 Å². The van der Waals surface area contributed by atoms with Crippen LogP contribution in [0.15, 0.2) is 42.5 Å². The summed E-state index contributed by atoms with van der Waals surface area (Å²) in [5, 5.41) is 5.74. The summed E-state index contributed by atoms with van der Waals surface area (Å²) in [5.41, 5.74) is 3.62. The normalized spacial score (nSPS) is 10.6. The number of rotatable bonds is 8. The van der Waals surface area contributed by atoms with E-state index in [2.05, 4.69) is 10.6 Å². The molecule has 0 spiro atoms. The Morgan fingerprint density at radius 3 is 2.33 bits per heavy atom. The predicted molar refractivity (Wildman–Crippen MR) is 108 cm³/mol. The van der Waals surface area contributed by atoms with E-state index in [-0.39, 0.29) is 24.9 Å². The topological polar surface area (TPSA) is 70.7 Å². The van der Waals surface area contributed by atoms with Gasteiger partial charge in [-0.3, -0.25) is 14.5 Å². The van der Waals surface area contributed by atoms with Crippen LogP contribution in [0.5, 0.6) is 5.75 Å². The average molecular weight is 369 g/mol. The summed E-state index contributed by atoms with van der Waals surface area (Å²) in [6.45, 7) is 6.76. The van der Waals surface area contributed by atoms with Crippen LogP contribution in [0.4, 0.5) is 11.4 Å². The Kier molecular flexibility index (Phi) is 7.37. The Bertz CT molecular complexity index is 805. The number of nitrogens with one attached hydrogen (secondary N) is 2. The lowest BCUT2D eigenvalue weighted by Crippen LogP contribution is -2.38. The molecule has 2 N–H and O–H groups in total. The van der Waals surface area contributed by atoms with Gasteiger partial charge in [0, 0.05) is 17.4 Å². The third-order valence-corrected chi connectivity index (χ3v) is 4.19. The number of amides is 2. The van der Waals surface area contributed by atoms with Crippen LogP contribution >= 0.6 is 0 Å². The molecule has 2 aromatic carbocycles. The van der Waals surface area contributed by atoms with Crippen molar-refractivity contribution in [3.05, 3.63) is 53.6 Å². The van der Waals surface area contributed by atoms with Gasteiger partial charge in [-0.1, -0.05) is 30.7 Å². The molecule has 0 fully saturated rings. The van der Waals surface area contributed by atoms with Crippen LogP contribution in [0.1, 0.15) is 18.1 Å². The third kappa shape index (κ3) is 6.42. The van der Waals surface area contributed by atoms with Crippen molar-refractivity contribution >= 4 is 23.2 Å². The van der Waals surface area contributed by atoms with Crippen LogP contribution in [0.3, 0.4) is 0 Å². The van der Waals surface area contributed by atoms with E-state index in [4.69, 9.17) is 4.74 Å². The van der Waals surface area contributed by atoms with Crippen LogP contribution in [-0.4, -0.2) is 43.5 Å². The van der Waals surface area contributed by atoms with Gasteiger partial charge in [0.25, 0.3) is 0 Å². The maximum Gasteiger partial charge on any atom is 0.238 e. The van der Waals surface area contributed by atoms with Crippen LogP contribution in [0.2, 0.25) is 0 Å². The molecule has 0 saturated heterocycles. The number of ether oxygens (including phenoxy) is 1. The predicted octanol–water partition coefficient (Wildman–Crippen LogP) is 3.21. The Balaban J connectivity index is 1.89. The molecule has 0 aliphatic rings. The van der Waals surface area contributed by atoms with E-state index in [0.717, 1.165) is 16.8 Å². The van der Waals surface area contributed by atoms with E-state index in [1.165, 1.54) is 0 Å². The standard InChI is InChI=1S/C21H27N3O3/c1-5-24(13-20(25)22-17-7-6-8-18(12-17)27-4)14-21(26)23-19-10-9-15(2)11-16(19)3/h6-12H,5,13-14H2,1-4H3,(H,22,25)(H,23,26). The minimum atomic E-state index is -0.176. The zero-order valence-corrected chi connectivity index (χ0v) is 16.3. The van der Waals surface area contributed by atoms with E-state index in [1.807, 2.05) is 51.1 Å². The van der Waals surface area contributed by atoms with Gasteiger partial charge in [0.1, 0.15) is 5.75 Å². The highest BCUT2D eigenvalue weighted by molar-refractivity contribution is 5.95. The molecule has 2 aromatic rings. The van der Waals surface area contributed by atoms with Crippen molar-refractivity contribution in [2.45, 2.75) is 20.8 Å². The first-order valence-electron chi connectivity index (χ1n) is 8.94. The molecule has 0 heterocycles. The number of aryl methyl sites for hydroxylation is 2. The molecule has 0 bridgehead atoms. The van der Waals surface area contributed by atoms with Gasteiger partial charge in [0.15, 0.2) is 0 Å². The van der Waals surface area contributed by atoms with Crippen LogP contribution in [0.25, 0.3) is 0 Å². The van der Waals surface area contributed by atoms with Gasteiger partial charge in [-0.05, 0) is 44.2 Å². The zero-order valence-electron chi connectivity index (χ0n) is 16.3. The van der Waals surface area contributed by atoms with Crippen molar-refractivity contribution in [1.82, 2.24) is 4.90 Å². The number of benzene rings is 2. The van der Waals surface area contributed by atoms with Gasteiger partial charge < -0.3 is 15.4 Å². The summed E-state index contributed by atoms with van der Waals surface area (Å²) in [6.07, 6.45) is 0. The molecule has 144 valence electrons. The van der Waals surface area contributed by atoms with Crippen molar-refractivity contribution in [3.63, 3.8) is 0 Å².